The van der Waals surface area contributed by atoms with Crippen molar-refractivity contribution in [3.63, 3.8) is 0 Å². The maximum absolute atomic E-state index is 4.19. The highest BCUT2D eigenvalue weighted by Gasteiger charge is 2.06. The van der Waals surface area contributed by atoms with E-state index in [0.717, 1.165) is 21.8 Å². The number of nitrogens with one attached hydrogen (secondary N) is 1. The molecule has 0 saturated carbocycles. The molecule has 0 radical (unpaired) electrons. The highest BCUT2D eigenvalue weighted by Crippen LogP contribution is 2.33. The van der Waals surface area contributed by atoms with Crippen LogP contribution in [0.2, 0.25) is 0 Å². The van der Waals surface area contributed by atoms with Crippen LogP contribution in [0.3, 0.4) is 0 Å². The van der Waals surface area contributed by atoms with Gasteiger partial charge >= 0.3 is 0 Å². The van der Waals surface area contributed by atoms with Crippen LogP contribution in [0.5, 0.6) is 0 Å². The van der Waals surface area contributed by atoms with Crippen LogP contribution in [-0.4, -0.2) is 23.0 Å². The Balaban J connectivity index is 2.01. The van der Waals surface area contributed by atoms with Crippen molar-refractivity contribution < 1.29 is 0 Å². The second kappa shape index (κ2) is 8.02. The number of rotatable bonds is 7. The zero-order valence-corrected chi connectivity index (χ0v) is 14.4. The molecule has 0 unspecified atom stereocenters. The van der Waals surface area contributed by atoms with E-state index in [1.807, 2.05) is 6.26 Å². The van der Waals surface area contributed by atoms with E-state index in [0.29, 0.717) is 0 Å². The van der Waals surface area contributed by atoms with Crippen molar-refractivity contribution in [1.82, 2.24) is 15.5 Å². The normalized spacial score (nSPS) is 10.9. The van der Waals surface area contributed by atoms with Gasteiger partial charge in [0.2, 0.25) is 0 Å². The van der Waals surface area contributed by atoms with Crippen LogP contribution in [0.1, 0.15) is 24.5 Å². The fraction of sp³-hybridized carbons (Fsp3) is 0.429. The second-order valence-corrected chi connectivity index (χ2v) is 7.76. The van der Waals surface area contributed by atoms with E-state index >= 15 is 0 Å². The third-order valence-electron chi connectivity index (χ3n) is 2.82. The number of thioether (sulfide) groups is 1. The van der Waals surface area contributed by atoms with Gasteiger partial charge in [-0.25, -0.2) is 0 Å². The van der Waals surface area contributed by atoms with Crippen molar-refractivity contribution in [2.75, 3.05) is 12.8 Å². The molecule has 0 aliphatic rings. The molecule has 108 valence electrons. The Kier molecular flexibility index (Phi) is 6.35. The average molecular weight is 326 g/mol. The minimum absolute atomic E-state index is 0.944. The zero-order valence-electron chi connectivity index (χ0n) is 12.0. The lowest BCUT2D eigenvalue weighted by Gasteiger charge is -2.08. The Hall–Kier alpha value is -0.560. The van der Waals surface area contributed by atoms with Crippen LogP contribution in [0.15, 0.2) is 31.8 Å². The molecule has 20 heavy (non-hydrogen) atoms. The highest BCUT2D eigenvalue weighted by molar-refractivity contribution is 8.03. The first-order chi connectivity index (χ1) is 9.72. The predicted molar refractivity (Wildman–Crippen MR) is 89.0 cm³/mol. The van der Waals surface area contributed by atoms with Gasteiger partial charge in [0, 0.05) is 11.4 Å². The molecule has 0 aliphatic carbocycles. The molecule has 2 aromatic rings. The number of nitrogens with zero attached hydrogens (tertiary/aromatic N) is 2. The van der Waals surface area contributed by atoms with E-state index in [1.54, 1.807) is 34.9 Å². The SMILES string of the molecule is CCCNCc1ccc(Sc2nnc(SC)s2)cc1C. The van der Waals surface area contributed by atoms with Gasteiger partial charge in [-0.3, -0.25) is 0 Å². The van der Waals surface area contributed by atoms with E-state index in [1.165, 1.54) is 22.4 Å². The van der Waals surface area contributed by atoms with Crippen LogP contribution in [-0.2, 0) is 6.54 Å². The van der Waals surface area contributed by atoms with Crippen molar-refractivity contribution in [2.24, 2.45) is 0 Å². The Bertz CT molecular complexity index is 554. The smallest absolute Gasteiger partial charge is 0.179 e. The summed E-state index contributed by atoms with van der Waals surface area (Å²) in [7, 11) is 0. The summed E-state index contributed by atoms with van der Waals surface area (Å²) in [6.07, 6.45) is 3.19. The van der Waals surface area contributed by atoms with Crippen molar-refractivity contribution in [2.45, 2.75) is 40.4 Å². The number of hydrogen-bond donors (Lipinski definition) is 1. The summed E-state index contributed by atoms with van der Waals surface area (Å²) < 4.78 is 2.02. The lowest BCUT2D eigenvalue weighted by Crippen LogP contribution is -2.14. The van der Waals surface area contributed by atoms with Gasteiger partial charge in [0.1, 0.15) is 0 Å². The molecule has 3 nitrogen and oxygen atoms in total. The molecule has 0 spiro atoms. The molecule has 0 amide bonds. The van der Waals surface area contributed by atoms with Gasteiger partial charge in [-0.05, 0) is 49.4 Å². The second-order valence-electron chi connectivity index (χ2n) is 4.41. The number of aryl methyl sites for hydroxylation is 1. The van der Waals surface area contributed by atoms with Gasteiger partial charge in [-0.1, -0.05) is 47.9 Å². The molecule has 0 bridgehead atoms. The summed E-state index contributed by atoms with van der Waals surface area (Å²) in [4.78, 5) is 1.23. The van der Waals surface area contributed by atoms with E-state index in [9.17, 15) is 0 Å². The number of hydrogen-bond acceptors (Lipinski definition) is 6. The fourth-order valence-corrected chi connectivity index (χ4v) is 4.26. The van der Waals surface area contributed by atoms with Gasteiger partial charge in [0.15, 0.2) is 8.68 Å². The highest BCUT2D eigenvalue weighted by atomic mass is 32.2. The van der Waals surface area contributed by atoms with E-state index in [-0.39, 0.29) is 0 Å². The topological polar surface area (TPSA) is 37.8 Å². The molecule has 0 aliphatic heterocycles. The molecule has 1 heterocycles. The average Bonchev–Trinajstić information content (AvgIpc) is 2.89. The van der Waals surface area contributed by atoms with Crippen LogP contribution in [0, 0.1) is 6.92 Å². The Labute approximate surface area is 133 Å². The van der Waals surface area contributed by atoms with Crippen molar-refractivity contribution in [3.05, 3.63) is 29.3 Å². The summed E-state index contributed by atoms with van der Waals surface area (Å²) in [5.74, 6) is 0. The summed E-state index contributed by atoms with van der Waals surface area (Å²) in [6, 6.07) is 6.60. The maximum atomic E-state index is 4.19. The first-order valence-electron chi connectivity index (χ1n) is 6.58. The quantitative estimate of drug-likeness (QED) is 0.609. The first kappa shape index (κ1) is 15.8. The van der Waals surface area contributed by atoms with Gasteiger partial charge in [0.25, 0.3) is 0 Å². The Morgan fingerprint density at radius 3 is 2.70 bits per heavy atom. The zero-order chi connectivity index (χ0) is 14.4. The largest absolute Gasteiger partial charge is 0.313 e. The summed E-state index contributed by atoms with van der Waals surface area (Å²) in [5, 5.41) is 11.8. The van der Waals surface area contributed by atoms with Crippen LogP contribution < -0.4 is 5.32 Å². The van der Waals surface area contributed by atoms with Crippen molar-refractivity contribution >= 4 is 34.9 Å². The van der Waals surface area contributed by atoms with Crippen LogP contribution in [0.4, 0.5) is 0 Å². The predicted octanol–water partition coefficient (Wildman–Crippen LogP) is 4.22. The Morgan fingerprint density at radius 1 is 1.25 bits per heavy atom. The lowest BCUT2D eigenvalue weighted by molar-refractivity contribution is 0.673. The van der Waals surface area contributed by atoms with Crippen molar-refractivity contribution in [3.8, 4) is 0 Å². The minimum atomic E-state index is 0.944. The molecule has 1 aromatic carbocycles. The first-order valence-corrected chi connectivity index (χ1v) is 9.44. The fourth-order valence-electron chi connectivity index (χ4n) is 1.75. The molecule has 1 aromatic heterocycles. The summed E-state index contributed by atoms with van der Waals surface area (Å²) in [5.41, 5.74) is 2.69. The standard InChI is InChI=1S/C14H19N3S3/c1-4-7-15-9-11-5-6-12(8-10(11)2)19-14-17-16-13(18-3)20-14/h5-6,8,15H,4,7,9H2,1-3H3. The summed E-state index contributed by atoms with van der Waals surface area (Å²) >= 11 is 4.97. The lowest BCUT2D eigenvalue weighted by atomic mass is 10.1. The number of aromatic nitrogens is 2. The third kappa shape index (κ3) is 4.48. The molecule has 0 fully saturated rings. The molecule has 2 rings (SSSR count). The monoisotopic (exact) mass is 325 g/mol. The molecular weight excluding hydrogens is 306 g/mol. The maximum Gasteiger partial charge on any atom is 0.179 e. The Morgan fingerprint density at radius 2 is 2.05 bits per heavy atom. The molecule has 1 N–H and O–H groups in total. The molecule has 0 saturated heterocycles. The van der Waals surface area contributed by atoms with Gasteiger partial charge in [-0.2, -0.15) is 0 Å². The third-order valence-corrected chi connectivity index (χ3v) is 5.76. The van der Waals surface area contributed by atoms with E-state index in [2.05, 4.69) is 47.6 Å². The van der Waals surface area contributed by atoms with Gasteiger partial charge < -0.3 is 5.32 Å². The van der Waals surface area contributed by atoms with Crippen LogP contribution in [0.25, 0.3) is 0 Å². The number of benzene rings is 1. The molecule has 0 atom stereocenters. The minimum Gasteiger partial charge on any atom is -0.313 e. The molecular formula is C14H19N3S3. The molecule has 6 heteroatoms. The van der Waals surface area contributed by atoms with Gasteiger partial charge in [-0.15, -0.1) is 10.2 Å². The van der Waals surface area contributed by atoms with E-state index in [4.69, 9.17) is 0 Å². The van der Waals surface area contributed by atoms with Crippen LogP contribution >= 0.6 is 34.9 Å². The van der Waals surface area contributed by atoms with E-state index < -0.39 is 0 Å². The van der Waals surface area contributed by atoms with Gasteiger partial charge in [0.05, 0.1) is 0 Å². The van der Waals surface area contributed by atoms with Crippen molar-refractivity contribution in [1.29, 1.82) is 0 Å². The summed E-state index contributed by atoms with van der Waals surface area (Å²) in [6.45, 7) is 6.36.